The van der Waals surface area contributed by atoms with Gasteiger partial charge in [-0.2, -0.15) is 13.2 Å². The van der Waals surface area contributed by atoms with Crippen LogP contribution in [-0.2, 0) is 49.9 Å². The van der Waals surface area contributed by atoms with Gasteiger partial charge in [-0.25, -0.2) is 22.8 Å². The fourth-order valence-electron chi connectivity index (χ4n) is 10.9. The number of fused-ring (bicyclic) bond motifs is 3. The Kier molecular flexibility index (Phi) is 14.5. The van der Waals surface area contributed by atoms with Crippen molar-refractivity contribution in [2.24, 2.45) is 29.6 Å². The monoisotopic (exact) mass is 928 g/mol. The van der Waals surface area contributed by atoms with Crippen LogP contribution in [0.25, 0.3) is 0 Å². The smallest absolute Gasteiger partial charge is 0.485 e. The largest absolute Gasteiger partial charge is 1.00 e. The molecule has 6 bridgehead atoms. The van der Waals surface area contributed by atoms with Crippen molar-refractivity contribution in [1.29, 1.82) is 0 Å². The predicted octanol–water partition coefficient (Wildman–Crippen LogP) is -0.206. The number of halogens is 4. The topological polar surface area (TPSA) is 179 Å². The Morgan fingerprint density at radius 1 is 1.08 bits per heavy atom. The molecule has 14 nitrogen and oxygen atoms in total. The molecule has 0 amide bonds. The van der Waals surface area contributed by atoms with Crippen molar-refractivity contribution in [3.63, 3.8) is 0 Å². The Labute approximate surface area is 371 Å². The first-order valence-electron chi connectivity index (χ1n) is 21.2. The Bertz CT molecular complexity index is 2110. The first-order valence-corrected chi connectivity index (χ1v) is 22.6. The van der Waals surface area contributed by atoms with Crippen LogP contribution in [0.5, 0.6) is 0 Å². The number of nitrogens with one attached hydrogen (secondary N) is 1. The third kappa shape index (κ3) is 9.55. The zero-order valence-electron chi connectivity index (χ0n) is 35.8. The predicted molar refractivity (Wildman–Crippen MR) is 214 cm³/mol. The number of piperazine rings is 3. The van der Waals surface area contributed by atoms with E-state index in [1.165, 1.54) is 51.9 Å². The summed E-state index contributed by atoms with van der Waals surface area (Å²) >= 11 is 0. The number of aliphatic hydroxyl groups is 1. The van der Waals surface area contributed by atoms with E-state index >= 15 is 0 Å². The number of benzene rings is 1. The van der Waals surface area contributed by atoms with Gasteiger partial charge in [0, 0.05) is 47.8 Å². The molecule has 0 aromatic heterocycles. The maximum absolute atomic E-state index is 13.8. The molecule has 19 heteroatoms. The molecule has 2 N–H and O–H groups in total. The molecule has 1 aromatic carbocycles. The van der Waals surface area contributed by atoms with E-state index in [0.29, 0.717) is 17.6 Å². The number of hydrogen-bond donors (Lipinski definition) is 2. The molecule has 12 atom stereocenters. The molecule has 4 saturated heterocycles. The molecule has 0 radical (unpaired) electrons. The molecule has 9 rings (SSSR count). The van der Waals surface area contributed by atoms with E-state index in [0.717, 1.165) is 16.6 Å². The van der Waals surface area contributed by atoms with E-state index in [1.807, 2.05) is 63.3 Å². The van der Waals surface area contributed by atoms with Crippen LogP contribution in [0.2, 0.25) is 0 Å². The van der Waals surface area contributed by atoms with Gasteiger partial charge in [0.1, 0.15) is 75.8 Å². The second-order valence-electron chi connectivity index (χ2n) is 18.0. The summed E-state index contributed by atoms with van der Waals surface area (Å²) in [6.07, 6.45) is 7.92. The lowest BCUT2D eigenvalue weighted by molar-refractivity contribution is -1.08. The lowest BCUT2D eigenvalue weighted by Gasteiger charge is -2.49. The van der Waals surface area contributed by atoms with Crippen molar-refractivity contribution < 1.29 is 91.1 Å². The Morgan fingerprint density at radius 2 is 1.71 bits per heavy atom. The van der Waals surface area contributed by atoms with E-state index in [4.69, 9.17) is 36.7 Å². The summed E-state index contributed by atoms with van der Waals surface area (Å²) in [7, 11) is -4.61. The molecular weight excluding hydrogens is 873 g/mol. The number of carbonyl (C=O) groups is 3. The molecule has 8 aliphatic rings. The van der Waals surface area contributed by atoms with Crippen molar-refractivity contribution in [2.45, 2.75) is 94.8 Å². The van der Waals surface area contributed by atoms with Gasteiger partial charge in [0.15, 0.2) is 16.2 Å². The molecule has 1 unspecified atom stereocenters. The molecule has 5 aliphatic heterocycles. The number of ether oxygens (including phenoxy) is 5. The zero-order chi connectivity index (χ0) is 44.9. The van der Waals surface area contributed by atoms with Crippen LogP contribution in [-0.4, -0.2) is 135 Å². The number of nitrogens with zero attached hydrogens (tertiary/aromatic N) is 1. The molecule has 63 heavy (non-hydrogen) atoms. The van der Waals surface area contributed by atoms with Crippen LogP contribution in [0, 0.1) is 29.6 Å². The lowest BCUT2D eigenvalue weighted by atomic mass is 9.57. The van der Waals surface area contributed by atoms with Crippen LogP contribution in [0.4, 0.5) is 13.2 Å². The van der Waals surface area contributed by atoms with Crippen LogP contribution in [0.3, 0.4) is 0 Å². The summed E-state index contributed by atoms with van der Waals surface area (Å²) in [5.41, 5.74) is -3.50. The third-order valence-corrected chi connectivity index (χ3v) is 14.8. The van der Waals surface area contributed by atoms with Gasteiger partial charge in [-0.15, -0.1) is 0 Å². The van der Waals surface area contributed by atoms with Gasteiger partial charge in [0.2, 0.25) is 0 Å². The van der Waals surface area contributed by atoms with E-state index in [-0.39, 0.29) is 42.5 Å². The number of cyclic esters (lactones) is 1. The number of hydrogen-bond acceptors (Lipinski definition) is 12. The third-order valence-electron chi connectivity index (χ3n) is 14.2. The molecular formula is C44H56ClF3N2O12S. The SMILES string of the molecule is CO[C@H]1CC2C=C[C@H]3[C@H]4O[C@]2(/C(C)=C/[C@@H](C)[C@@H]([C@@H](C)OC(=O)c2ccc(C[N+]56CC[NH+](CC5)CC6)cc2)OC1=O)[C@@H]3[C@H](O)[C@@H](C)[C@H]4OC(=O)C1=CC=CC1.O=S(=O)([O-])C(F)(F)F.[Cl-]. The van der Waals surface area contributed by atoms with Gasteiger partial charge >= 0.3 is 23.4 Å². The van der Waals surface area contributed by atoms with Gasteiger partial charge in [-0.1, -0.05) is 62.4 Å². The number of esters is 3. The number of rotatable bonds is 8. The van der Waals surface area contributed by atoms with Crippen LogP contribution in [0.15, 0.2) is 71.9 Å². The molecule has 1 aromatic rings. The summed E-state index contributed by atoms with van der Waals surface area (Å²) in [6.45, 7) is 15.9. The van der Waals surface area contributed by atoms with E-state index < -0.39 is 81.7 Å². The number of alkyl halides is 3. The van der Waals surface area contributed by atoms with Crippen molar-refractivity contribution in [2.75, 3.05) is 46.4 Å². The number of aliphatic hydroxyl groups excluding tert-OH is 1. The Morgan fingerprint density at radius 3 is 2.29 bits per heavy atom. The fourth-order valence-corrected chi connectivity index (χ4v) is 10.9. The van der Waals surface area contributed by atoms with Gasteiger partial charge in [0.05, 0.1) is 11.7 Å². The maximum atomic E-state index is 13.8. The average molecular weight is 929 g/mol. The molecule has 5 heterocycles. The first kappa shape index (κ1) is 48.8. The Balaban J connectivity index is 0.000000671. The minimum Gasteiger partial charge on any atom is -1.00 e. The average Bonchev–Trinajstić information content (AvgIpc) is 3.83. The standard InChI is InChI=1S/C43H55N2O9.CHF3O3S.ClH/c1-25-22-26(2)43-32(14-15-33-35(43)36(46)27(3)38(39(33)54-43)53-41(48)30-8-6-7-9-30)23-34(50-5)42(49)52-37(25)28(4)51-40(47)31-12-10-29(11-13-31)24-45-19-16-44(17-20-45)18-21-45;2-1(3,4)8(5,6)7;/h6-8,10-15,22,25,27-28,32-39,46H,9,16-21,23-24H2,1-5H3;(H,5,6,7);1H/q+1;;/p-1/b26-22+;;/t25-,27-,28-,32?,33-,34+,35+,36-,37+,38-,39-,43+;;/m1../s1. The lowest BCUT2D eigenvalue weighted by Crippen LogP contribution is -3.19. The second-order valence-corrected chi connectivity index (χ2v) is 19.3. The highest BCUT2D eigenvalue weighted by atomic mass is 35.5. The number of carbonyl (C=O) groups excluding carboxylic acids is 3. The summed E-state index contributed by atoms with van der Waals surface area (Å²) < 4.78 is 91.2. The van der Waals surface area contributed by atoms with E-state index in [9.17, 15) is 32.7 Å². The summed E-state index contributed by atoms with van der Waals surface area (Å²) in [4.78, 5) is 42.3. The van der Waals surface area contributed by atoms with Crippen molar-refractivity contribution in [1.82, 2.24) is 0 Å². The highest BCUT2D eigenvalue weighted by Crippen LogP contribution is 2.61. The van der Waals surface area contributed by atoms with Crippen molar-refractivity contribution in [3.8, 4) is 0 Å². The number of allylic oxidation sites excluding steroid dienone is 3. The van der Waals surface area contributed by atoms with Crippen LogP contribution >= 0.6 is 0 Å². The Hall–Kier alpha value is -3.62. The minimum absolute atomic E-state index is 0. The maximum Gasteiger partial charge on any atom is 0.485 e. The summed E-state index contributed by atoms with van der Waals surface area (Å²) in [5, 5.41) is 12.0. The summed E-state index contributed by atoms with van der Waals surface area (Å²) in [6, 6.07) is 7.74. The fraction of sp³-hybridized carbons (Fsp3) is 0.614. The van der Waals surface area contributed by atoms with Crippen molar-refractivity contribution in [3.05, 3.63) is 83.0 Å². The van der Waals surface area contributed by atoms with Gasteiger partial charge in [-0.3, -0.25) is 0 Å². The molecule has 348 valence electrons. The molecule has 3 aliphatic carbocycles. The number of quaternary nitrogens is 2. The zero-order valence-corrected chi connectivity index (χ0v) is 37.4. The van der Waals surface area contributed by atoms with E-state index in [2.05, 4.69) is 12.2 Å². The molecule has 5 fully saturated rings. The normalized spacial score (nSPS) is 38.0. The van der Waals surface area contributed by atoms with Crippen molar-refractivity contribution >= 4 is 28.0 Å². The van der Waals surface area contributed by atoms with Crippen LogP contribution in [0.1, 0.15) is 56.5 Å². The van der Waals surface area contributed by atoms with E-state index in [1.54, 1.807) is 17.9 Å². The quantitative estimate of drug-likeness (QED) is 0.0878. The van der Waals surface area contributed by atoms with Gasteiger partial charge in [0.25, 0.3) is 0 Å². The summed E-state index contributed by atoms with van der Waals surface area (Å²) in [5.74, 6) is -3.08. The molecule has 1 saturated carbocycles. The van der Waals surface area contributed by atoms with Crippen LogP contribution < -0.4 is 17.3 Å². The first-order chi connectivity index (χ1) is 29.2. The molecule has 1 spiro atoms. The second kappa shape index (κ2) is 18.7. The van der Waals surface area contributed by atoms with Gasteiger partial charge < -0.3 is 55.1 Å². The highest BCUT2D eigenvalue weighted by Gasteiger charge is 2.69. The van der Waals surface area contributed by atoms with Gasteiger partial charge in [-0.05, 0) is 44.4 Å². The highest BCUT2D eigenvalue weighted by molar-refractivity contribution is 7.86. The number of methoxy groups -OCH3 is 1. The minimum atomic E-state index is -6.09.